The zero-order chi connectivity index (χ0) is 12.2. The molecule has 0 saturated carbocycles. The average Bonchev–Trinajstić information content (AvgIpc) is 2.01. The summed E-state index contributed by atoms with van der Waals surface area (Å²) in [5.74, 6) is -2.67. The van der Waals surface area contributed by atoms with Crippen molar-refractivity contribution >= 4 is 21.7 Å². The summed E-state index contributed by atoms with van der Waals surface area (Å²) in [6.45, 7) is 4.19. The number of carbonyl (C=O) groups excluding carboxylic acids is 1. The number of carbonyl (C=O) groups is 2. The minimum atomic E-state index is -3.47. The molecule has 2 N–H and O–H groups in total. The van der Waals surface area contributed by atoms with Gasteiger partial charge < -0.3 is 10.4 Å². The monoisotopic (exact) mass is 237 g/mol. The van der Waals surface area contributed by atoms with Crippen LogP contribution in [-0.4, -0.2) is 42.4 Å². The summed E-state index contributed by atoms with van der Waals surface area (Å²) in [5.41, 5.74) is 0. The molecule has 0 spiro atoms. The van der Waals surface area contributed by atoms with E-state index in [1.54, 1.807) is 0 Å². The van der Waals surface area contributed by atoms with Crippen LogP contribution in [0.1, 0.15) is 20.8 Å². The van der Waals surface area contributed by atoms with Gasteiger partial charge in [-0.2, -0.15) is 0 Å². The van der Waals surface area contributed by atoms with Crippen LogP contribution in [0, 0.1) is 0 Å². The molecule has 0 fully saturated rings. The van der Waals surface area contributed by atoms with Crippen LogP contribution in [0.5, 0.6) is 0 Å². The average molecular weight is 237 g/mol. The molecule has 0 aliphatic heterocycles. The third-order valence-electron chi connectivity index (χ3n) is 1.80. The third-order valence-corrected chi connectivity index (χ3v) is 3.90. The maximum absolute atomic E-state index is 11.3. The van der Waals surface area contributed by atoms with Gasteiger partial charge in [0, 0.05) is 0 Å². The van der Waals surface area contributed by atoms with Crippen LogP contribution in [0.15, 0.2) is 0 Å². The minimum Gasteiger partial charge on any atom is -0.480 e. The molecule has 0 radical (unpaired) electrons. The molecule has 7 heteroatoms. The molecule has 1 atom stereocenters. The predicted molar refractivity (Wildman–Crippen MR) is 54.2 cm³/mol. The molecular weight excluding hydrogens is 222 g/mol. The van der Waals surface area contributed by atoms with Gasteiger partial charge in [0.1, 0.15) is 11.8 Å². The van der Waals surface area contributed by atoms with Gasteiger partial charge >= 0.3 is 5.97 Å². The van der Waals surface area contributed by atoms with Gasteiger partial charge in [0.2, 0.25) is 5.91 Å². The van der Waals surface area contributed by atoms with Crippen LogP contribution in [0.2, 0.25) is 0 Å². The van der Waals surface area contributed by atoms with Crippen LogP contribution < -0.4 is 5.32 Å². The van der Waals surface area contributed by atoms with Crippen molar-refractivity contribution < 1.29 is 23.1 Å². The fraction of sp³-hybridized carbons (Fsp3) is 0.750. The number of carboxylic acid groups (broad SMARTS) is 1. The van der Waals surface area contributed by atoms with Crippen LogP contribution in [0.25, 0.3) is 0 Å². The van der Waals surface area contributed by atoms with Crippen LogP contribution in [0.4, 0.5) is 0 Å². The van der Waals surface area contributed by atoms with E-state index in [1.165, 1.54) is 20.8 Å². The first-order valence-electron chi connectivity index (χ1n) is 4.40. The fourth-order valence-corrected chi connectivity index (χ4v) is 1.48. The summed E-state index contributed by atoms with van der Waals surface area (Å²) >= 11 is 0. The Hall–Kier alpha value is -1.11. The van der Waals surface area contributed by atoms with Gasteiger partial charge in [0.15, 0.2) is 9.84 Å². The highest BCUT2D eigenvalue weighted by molar-refractivity contribution is 7.92. The number of amides is 1. The van der Waals surface area contributed by atoms with Gasteiger partial charge in [0.25, 0.3) is 0 Å². The highest BCUT2D eigenvalue weighted by Crippen LogP contribution is 2.00. The predicted octanol–water partition coefficient (Wildman–Crippen LogP) is -0.601. The number of sulfone groups is 1. The summed E-state index contributed by atoms with van der Waals surface area (Å²) in [6, 6.07) is -1.08. The van der Waals surface area contributed by atoms with Crippen molar-refractivity contribution in [2.45, 2.75) is 32.1 Å². The second kappa shape index (κ2) is 5.11. The largest absolute Gasteiger partial charge is 0.480 e. The lowest BCUT2D eigenvalue weighted by Gasteiger charge is -2.10. The Morgan fingerprint density at radius 3 is 2.07 bits per heavy atom. The quantitative estimate of drug-likeness (QED) is 0.665. The summed E-state index contributed by atoms with van der Waals surface area (Å²) in [5, 5.41) is 9.90. The SMILES string of the molecule is CC(C)S(=O)(=O)CC(=O)N[C@@H](C)C(=O)O. The summed E-state index contributed by atoms with van der Waals surface area (Å²) in [6.07, 6.45) is 0. The first-order valence-corrected chi connectivity index (χ1v) is 6.12. The molecule has 0 heterocycles. The van der Waals surface area contributed by atoms with Gasteiger partial charge in [-0.05, 0) is 20.8 Å². The number of rotatable bonds is 5. The smallest absolute Gasteiger partial charge is 0.325 e. The van der Waals surface area contributed by atoms with Gasteiger partial charge in [-0.3, -0.25) is 9.59 Å². The van der Waals surface area contributed by atoms with Gasteiger partial charge in [-0.15, -0.1) is 0 Å². The van der Waals surface area contributed by atoms with Gasteiger partial charge in [0.05, 0.1) is 5.25 Å². The van der Waals surface area contributed by atoms with E-state index < -0.39 is 38.8 Å². The van der Waals surface area contributed by atoms with Crippen molar-refractivity contribution in [3.05, 3.63) is 0 Å². The van der Waals surface area contributed by atoms with Crippen LogP contribution in [-0.2, 0) is 19.4 Å². The lowest BCUT2D eigenvalue weighted by atomic mass is 10.3. The highest BCUT2D eigenvalue weighted by Gasteiger charge is 2.22. The molecule has 0 bridgehead atoms. The molecule has 15 heavy (non-hydrogen) atoms. The topological polar surface area (TPSA) is 101 Å². The fourth-order valence-electron chi connectivity index (χ4n) is 0.694. The van der Waals surface area contributed by atoms with E-state index in [9.17, 15) is 18.0 Å². The van der Waals surface area contributed by atoms with Crippen molar-refractivity contribution in [1.82, 2.24) is 5.32 Å². The lowest BCUT2D eigenvalue weighted by Crippen LogP contribution is -2.42. The zero-order valence-electron chi connectivity index (χ0n) is 8.85. The first-order chi connectivity index (χ1) is 6.66. The van der Waals surface area contributed by atoms with Gasteiger partial charge in [-0.1, -0.05) is 0 Å². The summed E-state index contributed by atoms with van der Waals surface area (Å²) < 4.78 is 22.6. The Morgan fingerprint density at radius 1 is 1.27 bits per heavy atom. The molecule has 88 valence electrons. The standard InChI is InChI=1S/C8H15NO5S/c1-5(2)15(13,14)4-7(10)9-6(3)8(11)12/h5-6H,4H2,1-3H3,(H,9,10)(H,11,12)/t6-/m0/s1. The van der Waals surface area contributed by atoms with Crippen molar-refractivity contribution in [3.63, 3.8) is 0 Å². The molecule has 0 aliphatic rings. The molecule has 6 nitrogen and oxygen atoms in total. The Morgan fingerprint density at radius 2 is 1.73 bits per heavy atom. The molecule has 0 saturated heterocycles. The third kappa shape index (κ3) is 4.78. The summed E-state index contributed by atoms with van der Waals surface area (Å²) in [7, 11) is -3.47. The number of hydrogen-bond donors (Lipinski definition) is 2. The molecule has 0 aromatic carbocycles. The van der Waals surface area contributed by atoms with Crippen molar-refractivity contribution in [2.75, 3.05) is 5.75 Å². The van der Waals surface area contributed by atoms with E-state index in [1.807, 2.05) is 0 Å². The molecule has 0 aromatic heterocycles. The van der Waals surface area contributed by atoms with E-state index >= 15 is 0 Å². The van der Waals surface area contributed by atoms with Crippen molar-refractivity contribution in [3.8, 4) is 0 Å². The van der Waals surface area contributed by atoms with Crippen molar-refractivity contribution in [1.29, 1.82) is 0 Å². The second-order valence-corrected chi connectivity index (χ2v) is 6.04. The maximum atomic E-state index is 11.3. The Balaban J connectivity index is 4.35. The molecule has 0 aliphatic carbocycles. The Bertz CT molecular complexity index is 346. The molecular formula is C8H15NO5S. The lowest BCUT2D eigenvalue weighted by molar-refractivity contribution is -0.140. The second-order valence-electron chi connectivity index (χ2n) is 3.48. The normalized spacial score (nSPS) is 13.6. The van der Waals surface area contributed by atoms with Crippen LogP contribution >= 0.6 is 0 Å². The van der Waals surface area contributed by atoms with E-state index in [2.05, 4.69) is 5.32 Å². The van der Waals surface area contributed by atoms with Gasteiger partial charge in [-0.25, -0.2) is 8.42 Å². The number of aliphatic carboxylic acids is 1. The minimum absolute atomic E-state index is 0.650. The Labute approximate surface area is 88.6 Å². The van der Waals surface area contributed by atoms with E-state index in [0.29, 0.717) is 0 Å². The maximum Gasteiger partial charge on any atom is 0.325 e. The molecule has 0 aromatic rings. The van der Waals surface area contributed by atoms with Crippen LogP contribution in [0.3, 0.4) is 0 Å². The highest BCUT2D eigenvalue weighted by atomic mass is 32.2. The number of carboxylic acids is 1. The van der Waals surface area contributed by atoms with E-state index in [-0.39, 0.29) is 0 Å². The number of hydrogen-bond acceptors (Lipinski definition) is 4. The zero-order valence-corrected chi connectivity index (χ0v) is 9.67. The number of nitrogens with one attached hydrogen (secondary N) is 1. The van der Waals surface area contributed by atoms with E-state index in [4.69, 9.17) is 5.11 Å². The first kappa shape index (κ1) is 13.9. The molecule has 0 unspecified atom stereocenters. The Kier molecular flexibility index (Phi) is 4.73. The van der Waals surface area contributed by atoms with E-state index in [0.717, 1.165) is 0 Å². The molecule has 0 rings (SSSR count). The molecule has 1 amide bonds. The summed E-state index contributed by atoms with van der Waals surface area (Å²) in [4.78, 5) is 21.5. The van der Waals surface area contributed by atoms with Crippen molar-refractivity contribution in [2.24, 2.45) is 0 Å².